The quantitative estimate of drug-likeness (QED) is 0.898. The highest BCUT2D eigenvalue weighted by Crippen LogP contribution is 2.37. The molecule has 5 heteroatoms. The number of likely N-dealkylation sites (tertiary alicyclic amines) is 1. The van der Waals surface area contributed by atoms with Gasteiger partial charge in [-0.2, -0.15) is 0 Å². The van der Waals surface area contributed by atoms with E-state index in [-0.39, 0.29) is 6.03 Å². The van der Waals surface area contributed by atoms with Gasteiger partial charge in [-0.15, -0.1) is 0 Å². The number of carbonyl (C=O) groups excluding carboxylic acids is 1. The van der Waals surface area contributed by atoms with Gasteiger partial charge in [-0.3, -0.25) is 0 Å². The Morgan fingerprint density at radius 3 is 2.90 bits per heavy atom. The Bertz CT molecular complexity index is 542. The first-order valence-electron chi connectivity index (χ1n) is 7.24. The van der Waals surface area contributed by atoms with Crippen LogP contribution in [0.1, 0.15) is 30.7 Å². The minimum absolute atomic E-state index is 0.0933. The van der Waals surface area contributed by atoms with Crippen LogP contribution in [0.15, 0.2) is 18.2 Å². The van der Waals surface area contributed by atoms with Gasteiger partial charge < -0.3 is 19.7 Å². The van der Waals surface area contributed by atoms with Crippen molar-refractivity contribution in [3.8, 4) is 11.5 Å². The zero-order valence-electron chi connectivity index (χ0n) is 11.3. The monoisotopic (exact) mass is 274 g/mol. The predicted octanol–water partition coefficient (Wildman–Crippen LogP) is 2.08. The summed E-state index contributed by atoms with van der Waals surface area (Å²) >= 11 is 0. The van der Waals surface area contributed by atoms with Crippen LogP contribution in [0.5, 0.6) is 11.5 Å². The lowest BCUT2D eigenvalue weighted by Gasteiger charge is -2.17. The third-order valence-corrected chi connectivity index (χ3v) is 4.25. The summed E-state index contributed by atoms with van der Waals surface area (Å²) in [6.45, 7) is 1.93. The second-order valence-electron chi connectivity index (χ2n) is 5.77. The average Bonchev–Trinajstić information content (AvgIpc) is 2.96. The molecule has 0 aromatic heterocycles. The highest BCUT2D eigenvalue weighted by atomic mass is 16.7. The second-order valence-corrected chi connectivity index (χ2v) is 5.77. The number of amides is 2. The highest BCUT2D eigenvalue weighted by Gasteiger charge is 2.31. The summed E-state index contributed by atoms with van der Waals surface area (Å²) in [4.78, 5) is 14.0. The van der Waals surface area contributed by atoms with Crippen molar-refractivity contribution in [1.82, 2.24) is 10.2 Å². The van der Waals surface area contributed by atoms with Crippen LogP contribution >= 0.6 is 0 Å². The van der Waals surface area contributed by atoms with Crippen molar-refractivity contribution in [1.29, 1.82) is 0 Å². The largest absolute Gasteiger partial charge is 0.454 e. The van der Waals surface area contributed by atoms with E-state index in [4.69, 9.17) is 9.47 Å². The molecule has 2 fully saturated rings. The molecule has 1 saturated carbocycles. The molecular weight excluding hydrogens is 256 g/mol. The first-order valence-corrected chi connectivity index (χ1v) is 7.24. The van der Waals surface area contributed by atoms with E-state index < -0.39 is 0 Å². The fourth-order valence-corrected chi connectivity index (χ4v) is 2.88. The standard InChI is InChI=1S/C15H18N2O3/c18-15(16-12-2-3-12)17-6-5-11(8-17)10-1-4-13-14(7-10)20-9-19-13/h1,4,7,11-12H,2-3,5-6,8-9H2,(H,16,18). The third kappa shape index (κ3) is 2.17. The number of nitrogens with zero attached hydrogens (tertiary/aromatic N) is 1. The smallest absolute Gasteiger partial charge is 0.317 e. The fraction of sp³-hybridized carbons (Fsp3) is 0.533. The van der Waals surface area contributed by atoms with Crippen LogP contribution in [0.2, 0.25) is 0 Å². The maximum Gasteiger partial charge on any atom is 0.317 e. The molecule has 2 amide bonds. The molecule has 1 unspecified atom stereocenters. The average molecular weight is 274 g/mol. The zero-order chi connectivity index (χ0) is 13.5. The van der Waals surface area contributed by atoms with Crippen molar-refractivity contribution in [3.05, 3.63) is 23.8 Å². The predicted molar refractivity (Wildman–Crippen MR) is 73.0 cm³/mol. The lowest BCUT2D eigenvalue weighted by molar-refractivity contribution is 0.174. The number of ether oxygens (including phenoxy) is 2. The fourth-order valence-electron chi connectivity index (χ4n) is 2.88. The van der Waals surface area contributed by atoms with E-state index in [0.29, 0.717) is 18.8 Å². The number of nitrogens with one attached hydrogen (secondary N) is 1. The van der Waals surface area contributed by atoms with Crippen LogP contribution in [0, 0.1) is 0 Å². The van der Waals surface area contributed by atoms with Crippen molar-refractivity contribution in [2.45, 2.75) is 31.2 Å². The Morgan fingerprint density at radius 2 is 2.05 bits per heavy atom. The van der Waals surface area contributed by atoms with Crippen LogP contribution in [0.3, 0.4) is 0 Å². The van der Waals surface area contributed by atoms with Gasteiger partial charge in [0.2, 0.25) is 6.79 Å². The number of fused-ring (bicyclic) bond motifs is 1. The van der Waals surface area contributed by atoms with E-state index in [1.165, 1.54) is 5.56 Å². The number of benzene rings is 1. The lowest BCUT2D eigenvalue weighted by atomic mass is 9.98. The van der Waals surface area contributed by atoms with Crippen LogP contribution < -0.4 is 14.8 Å². The summed E-state index contributed by atoms with van der Waals surface area (Å²) in [5.74, 6) is 2.04. The van der Waals surface area contributed by atoms with Gasteiger partial charge in [0.25, 0.3) is 0 Å². The van der Waals surface area contributed by atoms with Gasteiger partial charge >= 0.3 is 6.03 Å². The molecule has 2 aliphatic heterocycles. The Balaban J connectivity index is 1.43. The maximum absolute atomic E-state index is 12.0. The van der Waals surface area contributed by atoms with Gasteiger partial charge in [-0.1, -0.05) is 6.07 Å². The SMILES string of the molecule is O=C(NC1CC1)N1CCC(c2ccc3c(c2)OCO3)C1. The van der Waals surface area contributed by atoms with Gasteiger partial charge in [0.05, 0.1) is 0 Å². The Hall–Kier alpha value is -1.91. The molecule has 1 saturated heterocycles. The minimum atomic E-state index is 0.0933. The van der Waals surface area contributed by atoms with E-state index in [0.717, 1.165) is 43.9 Å². The second kappa shape index (κ2) is 4.58. The van der Waals surface area contributed by atoms with Gasteiger partial charge in [0.15, 0.2) is 11.5 Å². The van der Waals surface area contributed by atoms with E-state index in [1.807, 2.05) is 11.0 Å². The first kappa shape index (κ1) is 11.9. The molecule has 20 heavy (non-hydrogen) atoms. The molecule has 0 bridgehead atoms. The molecule has 4 rings (SSSR count). The summed E-state index contributed by atoms with van der Waals surface area (Å²) in [5.41, 5.74) is 1.23. The molecule has 106 valence electrons. The summed E-state index contributed by atoms with van der Waals surface area (Å²) < 4.78 is 10.7. The van der Waals surface area contributed by atoms with E-state index in [2.05, 4.69) is 17.4 Å². The topological polar surface area (TPSA) is 50.8 Å². The van der Waals surface area contributed by atoms with E-state index in [1.54, 1.807) is 0 Å². The van der Waals surface area contributed by atoms with Crippen molar-refractivity contribution in [2.75, 3.05) is 19.9 Å². The molecule has 1 aromatic carbocycles. The van der Waals surface area contributed by atoms with Crippen LogP contribution in [0.4, 0.5) is 4.79 Å². The van der Waals surface area contributed by atoms with E-state index >= 15 is 0 Å². The Morgan fingerprint density at radius 1 is 1.20 bits per heavy atom. The highest BCUT2D eigenvalue weighted by molar-refractivity contribution is 5.75. The number of urea groups is 1. The normalized spacial score (nSPS) is 24.0. The first-order chi connectivity index (χ1) is 9.79. The number of rotatable bonds is 2. The number of hydrogen-bond donors (Lipinski definition) is 1. The molecule has 5 nitrogen and oxygen atoms in total. The van der Waals surface area contributed by atoms with E-state index in [9.17, 15) is 4.79 Å². The van der Waals surface area contributed by atoms with Gasteiger partial charge in [0.1, 0.15) is 0 Å². The Labute approximate surface area is 117 Å². The molecule has 1 aliphatic carbocycles. The lowest BCUT2D eigenvalue weighted by Crippen LogP contribution is -2.39. The van der Waals surface area contributed by atoms with Crippen molar-refractivity contribution in [2.24, 2.45) is 0 Å². The number of carbonyl (C=O) groups is 1. The summed E-state index contributed by atoms with van der Waals surface area (Å²) in [6.07, 6.45) is 3.27. The number of hydrogen-bond acceptors (Lipinski definition) is 3. The molecule has 1 atom stereocenters. The molecule has 0 radical (unpaired) electrons. The van der Waals surface area contributed by atoms with Crippen LogP contribution in [-0.2, 0) is 0 Å². The van der Waals surface area contributed by atoms with Gasteiger partial charge in [0, 0.05) is 25.0 Å². The van der Waals surface area contributed by atoms with Crippen molar-refractivity contribution >= 4 is 6.03 Å². The van der Waals surface area contributed by atoms with Gasteiger partial charge in [-0.05, 0) is 37.0 Å². The third-order valence-electron chi connectivity index (χ3n) is 4.25. The molecular formula is C15H18N2O3. The zero-order valence-corrected chi connectivity index (χ0v) is 11.3. The van der Waals surface area contributed by atoms with Crippen LogP contribution in [-0.4, -0.2) is 36.9 Å². The molecule has 2 heterocycles. The maximum atomic E-state index is 12.0. The molecule has 1 N–H and O–H groups in total. The summed E-state index contributed by atoms with van der Waals surface area (Å²) in [7, 11) is 0. The van der Waals surface area contributed by atoms with Crippen LogP contribution in [0.25, 0.3) is 0 Å². The minimum Gasteiger partial charge on any atom is -0.454 e. The molecule has 1 aromatic rings. The van der Waals surface area contributed by atoms with Crippen molar-refractivity contribution in [3.63, 3.8) is 0 Å². The molecule has 3 aliphatic rings. The molecule has 0 spiro atoms. The van der Waals surface area contributed by atoms with Crippen molar-refractivity contribution < 1.29 is 14.3 Å². The van der Waals surface area contributed by atoms with Gasteiger partial charge in [-0.25, -0.2) is 4.79 Å². The Kier molecular flexibility index (Phi) is 2.72. The summed E-state index contributed by atoms with van der Waals surface area (Å²) in [5, 5.41) is 3.05. The summed E-state index contributed by atoms with van der Waals surface area (Å²) in [6, 6.07) is 6.61.